The zero-order valence-corrected chi connectivity index (χ0v) is 12.9. The average Bonchev–Trinajstić information content (AvgIpc) is 2.47. The minimum atomic E-state index is -0.701. The van der Waals surface area contributed by atoms with Crippen molar-refractivity contribution in [2.45, 2.75) is 64.7 Å². The van der Waals surface area contributed by atoms with E-state index in [2.05, 4.69) is 6.92 Å². The van der Waals surface area contributed by atoms with Crippen LogP contribution in [0.2, 0.25) is 0 Å². The van der Waals surface area contributed by atoms with Gasteiger partial charge in [-0.2, -0.15) is 0 Å². The quantitative estimate of drug-likeness (QED) is 0.643. The first kappa shape index (κ1) is 16.1. The van der Waals surface area contributed by atoms with Gasteiger partial charge in [0.15, 0.2) is 5.78 Å². The van der Waals surface area contributed by atoms with E-state index in [4.69, 9.17) is 0 Å². The third kappa shape index (κ3) is 3.69. The highest BCUT2D eigenvalue weighted by Crippen LogP contribution is 2.38. The van der Waals surface area contributed by atoms with Crippen LogP contribution in [0.3, 0.4) is 0 Å². The lowest BCUT2D eigenvalue weighted by molar-refractivity contribution is 0.0980. The molecule has 1 fully saturated rings. The molecule has 0 aromatic heterocycles. The largest absolute Gasteiger partial charge is 0.294 e. The summed E-state index contributed by atoms with van der Waals surface area (Å²) in [6, 6.07) is 2.74. The van der Waals surface area contributed by atoms with E-state index >= 15 is 0 Å². The number of ketones is 1. The Morgan fingerprint density at radius 3 is 2.14 bits per heavy atom. The van der Waals surface area contributed by atoms with Gasteiger partial charge in [-0.3, -0.25) is 4.79 Å². The van der Waals surface area contributed by atoms with E-state index in [0.29, 0.717) is 5.56 Å². The summed E-state index contributed by atoms with van der Waals surface area (Å²) in [6.45, 7) is 3.81. The van der Waals surface area contributed by atoms with E-state index < -0.39 is 17.4 Å². The van der Waals surface area contributed by atoms with Crippen molar-refractivity contribution >= 4 is 5.78 Å². The zero-order valence-electron chi connectivity index (χ0n) is 12.9. The molecular weight excluding hydrogens is 270 g/mol. The van der Waals surface area contributed by atoms with Crippen LogP contribution in [0, 0.1) is 17.6 Å². The van der Waals surface area contributed by atoms with E-state index in [1.165, 1.54) is 25.0 Å². The van der Waals surface area contributed by atoms with Crippen LogP contribution in [0.1, 0.15) is 80.6 Å². The summed E-state index contributed by atoms with van der Waals surface area (Å²) in [4.78, 5) is 11.6. The number of carbonyl (C=O) groups excluding carboxylic acids is 1. The summed E-state index contributed by atoms with van der Waals surface area (Å²) in [7, 11) is 0. The second-order valence-corrected chi connectivity index (χ2v) is 6.14. The maximum Gasteiger partial charge on any atom is 0.168 e. The maximum atomic E-state index is 14.0. The van der Waals surface area contributed by atoms with Crippen molar-refractivity contribution in [3.05, 3.63) is 34.9 Å². The number of hydrogen-bond acceptors (Lipinski definition) is 1. The van der Waals surface area contributed by atoms with Gasteiger partial charge < -0.3 is 0 Å². The van der Waals surface area contributed by atoms with E-state index in [9.17, 15) is 13.6 Å². The molecule has 0 N–H and O–H groups in total. The Morgan fingerprint density at radius 2 is 1.67 bits per heavy atom. The number of rotatable bonds is 5. The summed E-state index contributed by atoms with van der Waals surface area (Å²) >= 11 is 0. The predicted molar refractivity (Wildman–Crippen MR) is 80.6 cm³/mol. The fourth-order valence-electron chi connectivity index (χ4n) is 3.46. The summed E-state index contributed by atoms with van der Waals surface area (Å²) in [5.74, 6) is -0.877. The summed E-state index contributed by atoms with van der Waals surface area (Å²) < 4.78 is 28.1. The number of Topliss-reactive ketones (excluding diaryl/α,β-unsaturated/α-hetero) is 1. The van der Waals surface area contributed by atoms with Crippen LogP contribution in [-0.4, -0.2) is 5.78 Å². The maximum absolute atomic E-state index is 14.0. The smallest absolute Gasteiger partial charge is 0.168 e. The standard InChI is InChI=1S/C18H24F2O/c1-3-5-12-6-8-13(9-7-12)14-10-15(19)18(16(20)11-14)17(21)4-2/h10-13H,3-9H2,1-2H3/t12-,13-. The van der Waals surface area contributed by atoms with Gasteiger partial charge in [-0.1, -0.05) is 26.7 Å². The van der Waals surface area contributed by atoms with Crippen LogP contribution in [0.4, 0.5) is 8.78 Å². The van der Waals surface area contributed by atoms with Gasteiger partial charge in [0.05, 0.1) is 5.56 Å². The fourth-order valence-corrected chi connectivity index (χ4v) is 3.46. The normalized spacial score (nSPS) is 22.3. The first-order valence-electron chi connectivity index (χ1n) is 8.08. The second kappa shape index (κ2) is 7.15. The highest BCUT2D eigenvalue weighted by molar-refractivity contribution is 5.96. The lowest BCUT2D eigenvalue weighted by Gasteiger charge is -2.28. The number of hydrogen-bond donors (Lipinski definition) is 0. The van der Waals surface area contributed by atoms with Crippen LogP contribution in [0.15, 0.2) is 12.1 Å². The molecule has 1 nitrogen and oxygen atoms in total. The van der Waals surface area contributed by atoms with Crippen molar-refractivity contribution < 1.29 is 13.6 Å². The van der Waals surface area contributed by atoms with Gasteiger partial charge in [0.1, 0.15) is 11.6 Å². The summed E-state index contributed by atoms with van der Waals surface area (Å²) in [5.41, 5.74) is 0.341. The molecule has 1 aromatic rings. The molecule has 0 atom stereocenters. The van der Waals surface area contributed by atoms with E-state index in [-0.39, 0.29) is 17.9 Å². The lowest BCUT2D eigenvalue weighted by Crippen LogP contribution is -2.14. The van der Waals surface area contributed by atoms with Crippen molar-refractivity contribution in [1.29, 1.82) is 0 Å². The minimum Gasteiger partial charge on any atom is -0.294 e. The Labute approximate surface area is 125 Å². The molecule has 2 rings (SSSR count). The van der Waals surface area contributed by atoms with Gasteiger partial charge in [-0.05, 0) is 55.2 Å². The number of benzene rings is 1. The molecular formula is C18H24F2O. The Morgan fingerprint density at radius 1 is 1.10 bits per heavy atom. The molecule has 1 aliphatic rings. The van der Waals surface area contributed by atoms with Crippen molar-refractivity contribution in [1.82, 2.24) is 0 Å². The number of carbonyl (C=O) groups is 1. The van der Waals surface area contributed by atoms with Crippen molar-refractivity contribution in [2.75, 3.05) is 0 Å². The topological polar surface area (TPSA) is 17.1 Å². The zero-order chi connectivity index (χ0) is 15.4. The van der Waals surface area contributed by atoms with Crippen LogP contribution in [0.5, 0.6) is 0 Å². The monoisotopic (exact) mass is 294 g/mol. The van der Waals surface area contributed by atoms with Gasteiger partial charge in [-0.15, -0.1) is 0 Å². The van der Waals surface area contributed by atoms with Crippen LogP contribution >= 0.6 is 0 Å². The highest BCUT2D eigenvalue weighted by atomic mass is 19.1. The average molecular weight is 294 g/mol. The molecule has 0 radical (unpaired) electrons. The minimum absolute atomic E-state index is 0.120. The third-order valence-corrected chi connectivity index (χ3v) is 4.68. The van der Waals surface area contributed by atoms with E-state index in [1.54, 1.807) is 6.92 Å². The van der Waals surface area contributed by atoms with Crippen molar-refractivity contribution in [3.8, 4) is 0 Å². The molecule has 21 heavy (non-hydrogen) atoms. The summed E-state index contributed by atoms with van der Waals surface area (Å²) in [5, 5.41) is 0. The number of halogens is 2. The van der Waals surface area contributed by atoms with Gasteiger partial charge in [0.25, 0.3) is 0 Å². The molecule has 0 amide bonds. The molecule has 0 spiro atoms. The molecule has 1 saturated carbocycles. The molecule has 0 aliphatic heterocycles. The molecule has 116 valence electrons. The first-order valence-corrected chi connectivity index (χ1v) is 8.08. The molecule has 0 heterocycles. The van der Waals surface area contributed by atoms with Crippen LogP contribution in [0.25, 0.3) is 0 Å². The van der Waals surface area contributed by atoms with E-state index in [0.717, 1.165) is 31.6 Å². The van der Waals surface area contributed by atoms with Gasteiger partial charge in [-0.25, -0.2) is 8.78 Å². The Hall–Kier alpha value is -1.25. The van der Waals surface area contributed by atoms with Gasteiger partial charge in [0.2, 0.25) is 0 Å². The van der Waals surface area contributed by atoms with Gasteiger partial charge in [0, 0.05) is 6.42 Å². The third-order valence-electron chi connectivity index (χ3n) is 4.68. The first-order chi connectivity index (χ1) is 10.1. The van der Waals surface area contributed by atoms with Crippen molar-refractivity contribution in [3.63, 3.8) is 0 Å². The second-order valence-electron chi connectivity index (χ2n) is 6.14. The Bertz CT molecular complexity index is 479. The Kier molecular flexibility index (Phi) is 5.49. The Balaban J connectivity index is 2.14. The lowest BCUT2D eigenvalue weighted by atomic mass is 9.77. The SMILES string of the molecule is CCC[C@H]1CC[C@H](c2cc(F)c(C(=O)CC)c(F)c2)CC1. The van der Waals surface area contributed by atoms with Crippen LogP contribution in [-0.2, 0) is 0 Å². The van der Waals surface area contributed by atoms with Crippen molar-refractivity contribution in [2.24, 2.45) is 5.92 Å². The molecule has 0 unspecified atom stereocenters. The van der Waals surface area contributed by atoms with E-state index in [1.807, 2.05) is 0 Å². The molecule has 1 aromatic carbocycles. The molecule has 3 heteroatoms. The highest BCUT2D eigenvalue weighted by Gasteiger charge is 2.25. The molecule has 0 bridgehead atoms. The predicted octanol–water partition coefficient (Wildman–Crippen LogP) is 5.63. The fraction of sp³-hybridized carbons (Fsp3) is 0.611. The van der Waals surface area contributed by atoms with Crippen LogP contribution < -0.4 is 0 Å². The molecule has 0 saturated heterocycles. The molecule has 1 aliphatic carbocycles. The summed E-state index contributed by atoms with van der Waals surface area (Å²) in [6.07, 6.45) is 6.82. The van der Waals surface area contributed by atoms with Gasteiger partial charge >= 0.3 is 0 Å².